The highest BCUT2D eigenvalue weighted by Gasteiger charge is 2.18. The lowest BCUT2D eigenvalue weighted by Gasteiger charge is -2.21. The summed E-state index contributed by atoms with van der Waals surface area (Å²) in [4.78, 5) is 14.6. The first kappa shape index (κ1) is 20.2. The molecular formula is C20H31N3O3. The van der Waals surface area contributed by atoms with E-state index in [2.05, 4.69) is 30.6 Å². The van der Waals surface area contributed by atoms with Gasteiger partial charge in [-0.25, -0.2) is 0 Å². The summed E-state index contributed by atoms with van der Waals surface area (Å²) in [6.07, 6.45) is 2.79. The maximum absolute atomic E-state index is 12.8. The summed E-state index contributed by atoms with van der Waals surface area (Å²) in [6.45, 7) is 10.9. The third-order valence-corrected chi connectivity index (χ3v) is 4.50. The summed E-state index contributed by atoms with van der Waals surface area (Å²) in [5.74, 6) is 1.43. The lowest BCUT2D eigenvalue weighted by molar-refractivity contribution is -0.132. The molecule has 6 nitrogen and oxygen atoms in total. The van der Waals surface area contributed by atoms with Crippen LogP contribution in [0.15, 0.2) is 22.8 Å². The Labute approximate surface area is 156 Å². The van der Waals surface area contributed by atoms with Crippen LogP contribution in [0.5, 0.6) is 0 Å². The molecule has 6 heteroatoms. The SMILES string of the molecule is COCCN(Cc1ccco1)C(=O)CCc1c(C)nn(CC(C)C)c1C. The molecule has 0 bridgehead atoms. The van der Waals surface area contributed by atoms with Crippen LogP contribution < -0.4 is 0 Å². The molecule has 2 heterocycles. The summed E-state index contributed by atoms with van der Waals surface area (Å²) >= 11 is 0. The van der Waals surface area contributed by atoms with Crippen molar-refractivity contribution in [2.75, 3.05) is 20.3 Å². The fourth-order valence-electron chi connectivity index (χ4n) is 3.09. The van der Waals surface area contributed by atoms with E-state index in [1.807, 2.05) is 19.1 Å². The van der Waals surface area contributed by atoms with E-state index in [0.29, 0.717) is 38.5 Å². The number of nitrogens with zero attached hydrogens (tertiary/aromatic N) is 3. The molecule has 0 aromatic carbocycles. The van der Waals surface area contributed by atoms with Gasteiger partial charge < -0.3 is 14.1 Å². The van der Waals surface area contributed by atoms with Gasteiger partial charge in [-0.2, -0.15) is 5.10 Å². The Hall–Kier alpha value is -2.08. The standard InChI is InChI=1S/C20H31N3O3/c1-15(2)13-23-17(4)19(16(3)21-23)8-9-20(24)22(10-12-25-5)14-18-7-6-11-26-18/h6-7,11,15H,8-10,12-14H2,1-5H3. The lowest BCUT2D eigenvalue weighted by atomic mass is 10.1. The van der Waals surface area contributed by atoms with E-state index in [-0.39, 0.29) is 5.91 Å². The minimum atomic E-state index is 0.105. The predicted molar refractivity (Wildman–Crippen MR) is 101 cm³/mol. The van der Waals surface area contributed by atoms with E-state index in [1.54, 1.807) is 18.3 Å². The van der Waals surface area contributed by atoms with Crippen molar-refractivity contribution in [2.24, 2.45) is 5.92 Å². The normalized spacial score (nSPS) is 11.3. The third kappa shape index (κ3) is 5.46. The van der Waals surface area contributed by atoms with Crippen molar-refractivity contribution in [3.05, 3.63) is 41.1 Å². The summed E-state index contributed by atoms with van der Waals surface area (Å²) in [5, 5.41) is 4.64. The smallest absolute Gasteiger partial charge is 0.223 e. The number of rotatable bonds is 10. The molecule has 0 radical (unpaired) electrons. The lowest BCUT2D eigenvalue weighted by Crippen LogP contribution is -2.33. The van der Waals surface area contributed by atoms with Crippen LogP contribution in [0.1, 0.15) is 43.0 Å². The third-order valence-electron chi connectivity index (χ3n) is 4.50. The van der Waals surface area contributed by atoms with Gasteiger partial charge in [0.25, 0.3) is 0 Å². The van der Waals surface area contributed by atoms with Gasteiger partial charge in [0.2, 0.25) is 5.91 Å². The molecule has 0 spiro atoms. The molecule has 0 aliphatic carbocycles. The number of amides is 1. The van der Waals surface area contributed by atoms with E-state index in [1.165, 1.54) is 11.3 Å². The molecule has 2 rings (SSSR count). The summed E-state index contributed by atoms with van der Waals surface area (Å²) in [5.41, 5.74) is 3.37. The first-order valence-electron chi connectivity index (χ1n) is 9.24. The number of aromatic nitrogens is 2. The van der Waals surface area contributed by atoms with Crippen LogP contribution in [0.2, 0.25) is 0 Å². The average Bonchev–Trinajstić information content (AvgIpc) is 3.18. The average molecular weight is 361 g/mol. The number of hydrogen-bond donors (Lipinski definition) is 0. The molecule has 2 aromatic heterocycles. The van der Waals surface area contributed by atoms with Gasteiger partial charge in [0.1, 0.15) is 5.76 Å². The van der Waals surface area contributed by atoms with Crippen LogP contribution in [0.3, 0.4) is 0 Å². The fraction of sp³-hybridized carbons (Fsp3) is 0.600. The Bertz CT molecular complexity index is 689. The number of ether oxygens (including phenoxy) is 1. The number of methoxy groups -OCH3 is 1. The van der Waals surface area contributed by atoms with Gasteiger partial charge >= 0.3 is 0 Å². The van der Waals surface area contributed by atoms with Gasteiger partial charge in [0.15, 0.2) is 0 Å². The van der Waals surface area contributed by atoms with Crippen LogP contribution in [0.4, 0.5) is 0 Å². The second-order valence-electron chi connectivity index (χ2n) is 7.11. The van der Waals surface area contributed by atoms with Crippen molar-refractivity contribution >= 4 is 5.91 Å². The quantitative estimate of drug-likeness (QED) is 0.651. The topological polar surface area (TPSA) is 60.5 Å². The number of furan rings is 1. The van der Waals surface area contributed by atoms with E-state index in [9.17, 15) is 4.79 Å². The Morgan fingerprint density at radius 3 is 2.77 bits per heavy atom. The Balaban J connectivity index is 2.01. The molecule has 26 heavy (non-hydrogen) atoms. The minimum Gasteiger partial charge on any atom is -0.467 e. The van der Waals surface area contributed by atoms with Crippen molar-refractivity contribution in [3.63, 3.8) is 0 Å². The van der Waals surface area contributed by atoms with Crippen molar-refractivity contribution in [2.45, 2.75) is 53.6 Å². The Morgan fingerprint density at radius 1 is 1.38 bits per heavy atom. The second kappa shape index (κ2) is 9.57. The van der Waals surface area contributed by atoms with E-state index in [4.69, 9.17) is 9.15 Å². The summed E-state index contributed by atoms with van der Waals surface area (Å²) in [7, 11) is 1.64. The van der Waals surface area contributed by atoms with Crippen LogP contribution in [-0.2, 0) is 29.0 Å². The zero-order chi connectivity index (χ0) is 19.1. The number of aryl methyl sites for hydroxylation is 1. The van der Waals surface area contributed by atoms with Gasteiger partial charge in [-0.3, -0.25) is 9.48 Å². The molecule has 0 N–H and O–H groups in total. The van der Waals surface area contributed by atoms with Crippen molar-refractivity contribution in [3.8, 4) is 0 Å². The maximum Gasteiger partial charge on any atom is 0.223 e. The highest BCUT2D eigenvalue weighted by atomic mass is 16.5. The van der Waals surface area contributed by atoms with Gasteiger partial charge in [-0.05, 0) is 43.9 Å². The molecule has 1 amide bonds. The van der Waals surface area contributed by atoms with Crippen molar-refractivity contribution < 1.29 is 13.9 Å². The van der Waals surface area contributed by atoms with Gasteiger partial charge in [-0.15, -0.1) is 0 Å². The molecule has 144 valence electrons. The molecule has 0 saturated carbocycles. The van der Waals surface area contributed by atoms with E-state index < -0.39 is 0 Å². The van der Waals surface area contributed by atoms with Gasteiger partial charge in [-0.1, -0.05) is 13.8 Å². The molecule has 0 unspecified atom stereocenters. The van der Waals surface area contributed by atoms with Crippen LogP contribution in [0, 0.1) is 19.8 Å². The molecular weight excluding hydrogens is 330 g/mol. The molecule has 0 aliphatic heterocycles. The van der Waals surface area contributed by atoms with E-state index in [0.717, 1.165) is 18.0 Å². The summed E-state index contributed by atoms with van der Waals surface area (Å²) < 4.78 is 12.6. The Morgan fingerprint density at radius 2 is 2.15 bits per heavy atom. The highest BCUT2D eigenvalue weighted by molar-refractivity contribution is 5.76. The summed E-state index contributed by atoms with van der Waals surface area (Å²) in [6, 6.07) is 3.72. The van der Waals surface area contributed by atoms with Crippen LogP contribution >= 0.6 is 0 Å². The van der Waals surface area contributed by atoms with Crippen molar-refractivity contribution in [1.82, 2.24) is 14.7 Å². The first-order valence-corrected chi connectivity index (χ1v) is 9.24. The zero-order valence-corrected chi connectivity index (χ0v) is 16.6. The van der Waals surface area contributed by atoms with Crippen molar-refractivity contribution in [1.29, 1.82) is 0 Å². The molecule has 0 atom stereocenters. The van der Waals surface area contributed by atoms with Crippen LogP contribution in [-0.4, -0.2) is 40.8 Å². The van der Waals surface area contributed by atoms with Crippen LogP contribution in [0.25, 0.3) is 0 Å². The predicted octanol–water partition coefficient (Wildman–Crippen LogP) is 3.36. The Kier molecular flexibility index (Phi) is 7.45. The molecule has 2 aromatic rings. The molecule has 0 aliphatic rings. The number of carbonyl (C=O) groups is 1. The molecule has 0 fully saturated rings. The first-order chi connectivity index (χ1) is 12.4. The maximum atomic E-state index is 12.8. The van der Waals surface area contributed by atoms with E-state index >= 15 is 0 Å². The second-order valence-corrected chi connectivity index (χ2v) is 7.11. The van der Waals surface area contributed by atoms with Gasteiger partial charge in [0, 0.05) is 32.3 Å². The highest BCUT2D eigenvalue weighted by Crippen LogP contribution is 2.17. The largest absolute Gasteiger partial charge is 0.467 e. The molecule has 0 saturated heterocycles. The van der Waals surface area contributed by atoms with Gasteiger partial charge in [0.05, 0.1) is 25.1 Å². The number of carbonyl (C=O) groups excluding carboxylic acids is 1. The zero-order valence-electron chi connectivity index (χ0n) is 16.6. The monoisotopic (exact) mass is 361 g/mol. The number of hydrogen-bond acceptors (Lipinski definition) is 4. The fourth-order valence-corrected chi connectivity index (χ4v) is 3.09. The minimum absolute atomic E-state index is 0.105.